The van der Waals surface area contributed by atoms with Gasteiger partial charge in [0.2, 0.25) is 0 Å². The molecule has 4 heteroatoms. The van der Waals surface area contributed by atoms with Crippen molar-refractivity contribution in [1.82, 2.24) is 0 Å². The number of unbranched alkanes of at least 4 members (excludes halogenated alkanes) is 2. The summed E-state index contributed by atoms with van der Waals surface area (Å²) in [6.45, 7) is 3.21. The maximum atomic E-state index is 12.8. The number of amides is 1. The molecular weight excluding hydrogens is 348 g/mol. The van der Waals surface area contributed by atoms with Gasteiger partial charge >= 0.3 is 0 Å². The number of anilines is 2. The van der Waals surface area contributed by atoms with E-state index in [-0.39, 0.29) is 5.91 Å². The van der Waals surface area contributed by atoms with Gasteiger partial charge in [-0.1, -0.05) is 38.0 Å². The molecule has 0 radical (unpaired) electrons. The monoisotopic (exact) mass is 376 g/mol. The van der Waals surface area contributed by atoms with Gasteiger partial charge in [-0.05, 0) is 48.4 Å². The third-order valence-corrected chi connectivity index (χ3v) is 5.03. The van der Waals surface area contributed by atoms with Gasteiger partial charge in [-0.25, -0.2) is 0 Å². The van der Waals surface area contributed by atoms with Crippen LogP contribution >= 0.6 is 0 Å². The highest BCUT2D eigenvalue weighted by molar-refractivity contribution is 6.07. The summed E-state index contributed by atoms with van der Waals surface area (Å²) in [6.07, 6.45) is 9.42. The third-order valence-electron chi connectivity index (χ3n) is 5.03. The number of hydrogen-bond acceptors (Lipinski definition) is 3. The highest BCUT2D eigenvalue weighted by Crippen LogP contribution is 2.33. The van der Waals surface area contributed by atoms with Crippen LogP contribution in [0.4, 0.5) is 11.4 Å². The van der Waals surface area contributed by atoms with Crippen molar-refractivity contribution in [2.45, 2.75) is 26.2 Å². The molecule has 0 spiro atoms. The summed E-state index contributed by atoms with van der Waals surface area (Å²) in [4.78, 5) is 16.8. The Morgan fingerprint density at radius 3 is 2.57 bits per heavy atom. The molecule has 0 saturated carbocycles. The summed E-state index contributed by atoms with van der Waals surface area (Å²) in [5.74, 6) is 0.717. The molecular formula is C24H28N2O2. The van der Waals surface area contributed by atoms with E-state index in [1.165, 1.54) is 12.8 Å². The molecule has 4 nitrogen and oxygen atoms in total. The first-order valence-corrected chi connectivity index (χ1v) is 9.81. The Balaban J connectivity index is 1.81. The summed E-state index contributed by atoms with van der Waals surface area (Å²) in [5, 5.41) is 0. The van der Waals surface area contributed by atoms with Crippen LogP contribution < -0.4 is 14.5 Å². The van der Waals surface area contributed by atoms with Crippen molar-refractivity contribution < 1.29 is 9.53 Å². The number of nitrogens with zero attached hydrogens (tertiary/aromatic N) is 2. The molecule has 1 heterocycles. The van der Waals surface area contributed by atoms with Crippen LogP contribution in [0.2, 0.25) is 0 Å². The van der Waals surface area contributed by atoms with Gasteiger partial charge in [0.05, 0.1) is 7.11 Å². The second-order valence-electron chi connectivity index (χ2n) is 6.93. The normalized spacial score (nSPS) is 14.1. The van der Waals surface area contributed by atoms with Crippen molar-refractivity contribution >= 4 is 22.9 Å². The van der Waals surface area contributed by atoms with Crippen LogP contribution in [-0.2, 0) is 4.79 Å². The van der Waals surface area contributed by atoms with E-state index in [9.17, 15) is 4.79 Å². The largest absolute Gasteiger partial charge is 0.497 e. The lowest BCUT2D eigenvalue weighted by molar-refractivity contribution is -0.113. The van der Waals surface area contributed by atoms with Crippen LogP contribution in [0, 0.1) is 0 Å². The number of rotatable bonds is 7. The van der Waals surface area contributed by atoms with E-state index < -0.39 is 0 Å². The minimum atomic E-state index is -0.0564. The van der Waals surface area contributed by atoms with Crippen LogP contribution in [0.1, 0.15) is 31.7 Å². The topological polar surface area (TPSA) is 32.8 Å². The summed E-state index contributed by atoms with van der Waals surface area (Å²) in [5.41, 5.74) is 4.02. The Kier molecular flexibility index (Phi) is 6.53. The fourth-order valence-corrected chi connectivity index (χ4v) is 3.32. The number of hydrogen-bond donors (Lipinski definition) is 0. The van der Waals surface area contributed by atoms with Crippen LogP contribution in [-0.4, -0.2) is 26.6 Å². The molecule has 1 aliphatic rings. The molecule has 0 N–H and O–H groups in total. The standard InChI is InChI=1S/C24H28N2O2/c1-4-5-8-16-26-17-15-19(22-9-6-7-10-23(22)26)18-24(27)25(2)20-11-13-21(28-3)14-12-20/h6-7,9-15,17-18H,4-5,8,16H2,1-3H3/b19-18+. The molecule has 28 heavy (non-hydrogen) atoms. The summed E-state index contributed by atoms with van der Waals surface area (Å²) < 4.78 is 5.19. The van der Waals surface area contributed by atoms with Crippen LogP contribution in [0.3, 0.4) is 0 Å². The van der Waals surface area contributed by atoms with Crippen molar-refractivity contribution in [3.8, 4) is 5.75 Å². The van der Waals surface area contributed by atoms with Gasteiger partial charge < -0.3 is 14.5 Å². The molecule has 1 aliphatic heterocycles. The Labute approximate surface area is 167 Å². The Bertz CT molecular complexity index is 868. The second kappa shape index (κ2) is 9.27. The molecule has 0 bridgehead atoms. The Hall–Kier alpha value is -3.01. The highest BCUT2D eigenvalue weighted by atomic mass is 16.5. The van der Waals surface area contributed by atoms with E-state index in [1.54, 1.807) is 25.1 Å². The summed E-state index contributed by atoms with van der Waals surface area (Å²) in [6, 6.07) is 15.8. The van der Waals surface area contributed by atoms with Crippen molar-refractivity contribution in [3.63, 3.8) is 0 Å². The van der Waals surface area contributed by atoms with Gasteiger partial charge in [-0.15, -0.1) is 0 Å². The number of methoxy groups -OCH3 is 1. The lowest BCUT2D eigenvalue weighted by Crippen LogP contribution is -2.25. The van der Waals surface area contributed by atoms with Crippen LogP contribution in [0.5, 0.6) is 5.75 Å². The summed E-state index contributed by atoms with van der Waals surface area (Å²) in [7, 11) is 3.42. The average molecular weight is 377 g/mol. The lowest BCUT2D eigenvalue weighted by atomic mass is 9.99. The lowest BCUT2D eigenvalue weighted by Gasteiger charge is -2.28. The van der Waals surface area contributed by atoms with E-state index in [1.807, 2.05) is 42.5 Å². The molecule has 0 aliphatic carbocycles. The van der Waals surface area contributed by atoms with Gasteiger partial charge in [-0.2, -0.15) is 0 Å². The Morgan fingerprint density at radius 1 is 1.11 bits per heavy atom. The quantitative estimate of drug-likeness (QED) is 0.488. The molecule has 2 aromatic carbocycles. The molecule has 2 aromatic rings. The zero-order valence-corrected chi connectivity index (χ0v) is 16.9. The summed E-state index contributed by atoms with van der Waals surface area (Å²) >= 11 is 0. The maximum absolute atomic E-state index is 12.8. The molecule has 0 fully saturated rings. The van der Waals surface area contributed by atoms with Crippen LogP contribution in [0.15, 0.2) is 66.9 Å². The third kappa shape index (κ3) is 4.45. The first kappa shape index (κ1) is 19.7. The van der Waals surface area contributed by atoms with E-state index in [4.69, 9.17) is 4.74 Å². The molecule has 146 valence electrons. The number of carbonyl (C=O) groups is 1. The number of benzene rings is 2. The molecule has 0 aromatic heterocycles. The van der Waals surface area contributed by atoms with Gasteiger partial charge in [0.25, 0.3) is 5.91 Å². The predicted molar refractivity (Wildman–Crippen MR) is 117 cm³/mol. The first-order chi connectivity index (χ1) is 13.6. The molecule has 3 rings (SSSR count). The predicted octanol–water partition coefficient (Wildman–Crippen LogP) is 5.27. The van der Waals surface area contributed by atoms with Crippen molar-refractivity contribution in [3.05, 3.63) is 72.4 Å². The SMILES string of the molecule is CCCCCN1C=C/C(=C\C(=O)N(C)c2ccc(OC)cc2)c2ccccc21. The number of likely N-dealkylation sites (N-methyl/N-ethyl adjacent to an activating group) is 1. The molecule has 0 saturated heterocycles. The molecule has 0 atom stereocenters. The fourth-order valence-electron chi connectivity index (χ4n) is 3.32. The van der Waals surface area contributed by atoms with Crippen molar-refractivity contribution in [2.24, 2.45) is 0 Å². The van der Waals surface area contributed by atoms with Gasteiger partial charge in [0.1, 0.15) is 5.75 Å². The number of fused-ring (bicyclic) bond motifs is 1. The minimum absolute atomic E-state index is 0.0564. The highest BCUT2D eigenvalue weighted by Gasteiger charge is 2.17. The zero-order chi connectivity index (χ0) is 19.9. The average Bonchev–Trinajstić information content (AvgIpc) is 2.74. The van der Waals surface area contributed by atoms with E-state index >= 15 is 0 Å². The molecule has 1 amide bonds. The fraction of sp³-hybridized carbons (Fsp3) is 0.292. The maximum Gasteiger partial charge on any atom is 0.251 e. The van der Waals surface area contributed by atoms with Crippen molar-refractivity contribution in [1.29, 1.82) is 0 Å². The number of allylic oxidation sites excluding steroid dienone is 2. The van der Waals surface area contributed by atoms with E-state index in [0.717, 1.165) is 41.2 Å². The van der Waals surface area contributed by atoms with Gasteiger partial charge in [-0.3, -0.25) is 4.79 Å². The van der Waals surface area contributed by atoms with Gasteiger partial charge in [0, 0.05) is 42.8 Å². The first-order valence-electron chi connectivity index (χ1n) is 9.81. The number of carbonyl (C=O) groups excluding carboxylic acids is 1. The number of para-hydroxylation sites is 1. The second-order valence-corrected chi connectivity index (χ2v) is 6.93. The molecule has 0 unspecified atom stereocenters. The van der Waals surface area contributed by atoms with Crippen LogP contribution in [0.25, 0.3) is 5.57 Å². The number of ether oxygens (including phenoxy) is 1. The van der Waals surface area contributed by atoms with E-state index in [0.29, 0.717) is 0 Å². The van der Waals surface area contributed by atoms with Gasteiger partial charge in [0.15, 0.2) is 0 Å². The Morgan fingerprint density at radius 2 is 1.86 bits per heavy atom. The minimum Gasteiger partial charge on any atom is -0.497 e. The van der Waals surface area contributed by atoms with Crippen molar-refractivity contribution in [2.75, 3.05) is 30.5 Å². The van der Waals surface area contributed by atoms with E-state index in [2.05, 4.69) is 30.2 Å². The zero-order valence-electron chi connectivity index (χ0n) is 16.9. The smallest absolute Gasteiger partial charge is 0.251 e.